The molecule has 0 fully saturated rings. The number of hydrogen-bond acceptors (Lipinski definition) is 4. The van der Waals surface area contributed by atoms with Gasteiger partial charge >= 0.3 is 6.18 Å². The topological polar surface area (TPSA) is 77.1 Å². The van der Waals surface area contributed by atoms with Crippen molar-refractivity contribution in [3.05, 3.63) is 76.0 Å². The number of aromatic nitrogens is 5. The largest absolute Gasteiger partial charge is 0.416 e. The molecule has 7 nitrogen and oxygen atoms in total. The van der Waals surface area contributed by atoms with Crippen LogP contribution in [0.1, 0.15) is 57.2 Å². The maximum absolute atomic E-state index is 13.4. The third kappa shape index (κ3) is 4.88. The van der Waals surface area contributed by atoms with E-state index in [0.717, 1.165) is 18.2 Å². The van der Waals surface area contributed by atoms with E-state index in [0.29, 0.717) is 27.5 Å². The second-order valence-electron chi connectivity index (χ2n) is 7.86. The number of amides is 1. The number of alkyl halides is 7. The molecule has 3 heterocycles. The summed E-state index contributed by atoms with van der Waals surface area (Å²) < 4.78 is 93.8. The zero-order valence-electron chi connectivity index (χ0n) is 18.6. The highest BCUT2D eigenvalue weighted by atomic mass is 19.4. The van der Waals surface area contributed by atoms with Gasteiger partial charge in [0, 0.05) is 6.07 Å². The molecule has 0 aliphatic heterocycles. The van der Waals surface area contributed by atoms with Gasteiger partial charge < -0.3 is 5.32 Å². The van der Waals surface area contributed by atoms with Gasteiger partial charge in [0.15, 0.2) is 11.3 Å². The summed E-state index contributed by atoms with van der Waals surface area (Å²) in [6, 6.07) is 6.23. The lowest BCUT2D eigenvalue weighted by Crippen LogP contribution is -2.14. The molecule has 3 aromatic heterocycles. The predicted molar refractivity (Wildman–Crippen MR) is 113 cm³/mol. The average molecular weight is 514 g/mol. The number of halogens is 7. The van der Waals surface area contributed by atoms with Crippen molar-refractivity contribution in [2.75, 3.05) is 5.32 Å². The summed E-state index contributed by atoms with van der Waals surface area (Å²) >= 11 is 0. The third-order valence-corrected chi connectivity index (χ3v) is 5.36. The maximum Gasteiger partial charge on any atom is 0.416 e. The van der Waals surface area contributed by atoms with E-state index in [-0.39, 0.29) is 23.6 Å². The van der Waals surface area contributed by atoms with Crippen LogP contribution in [-0.2, 0) is 12.7 Å². The number of nitrogens with zero attached hydrogens (tertiary/aromatic N) is 5. The van der Waals surface area contributed by atoms with Gasteiger partial charge in [0.25, 0.3) is 18.8 Å². The molecule has 14 heteroatoms. The fourth-order valence-electron chi connectivity index (χ4n) is 3.62. The molecule has 0 saturated heterocycles. The van der Waals surface area contributed by atoms with Crippen LogP contribution in [0.5, 0.6) is 0 Å². The van der Waals surface area contributed by atoms with Crippen LogP contribution in [0.15, 0.2) is 36.4 Å². The maximum atomic E-state index is 13.4. The molecule has 4 aromatic rings. The fraction of sp³-hybridized carbons (Fsp3) is 0.273. The van der Waals surface area contributed by atoms with Crippen LogP contribution >= 0.6 is 0 Å². The second kappa shape index (κ2) is 9.24. The molecule has 36 heavy (non-hydrogen) atoms. The Morgan fingerprint density at radius 2 is 1.75 bits per heavy atom. The van der Waals surface area contributed by atoms with E-state index in [1.807, 2.05) is 0 Å². The Labute approximate surface area is 198 Å². The summed E-state index contributed by atoms with van der Waals surface area (Å²) in [5.74, 6) is -0.843. The first-order valence-corrected chi connectivity index (χ1v) is 10.3. The van der Waals surface area contributed by atoms with Crippen LogP contribution in [0.3, 0.4) is 0 Å². The van der Waals surface area contributed by atoms with Gasteiger partial charge in [-0.3, -0.25) is 9.48 Å². The SMILES string of the molecule is Cc1nn(Cc2cccc(C(F)(F)F)c2)c(C)c1NC(=O)c1cc2nc(C(F)F)cc(C(F)F)n2n1. The van der Waals surface area contributed by atoms with E-state index in [1.165, 1.54) is 16.8 Å². The molecule has 0 unspecified atom stereocenters. The van der Waals surface area contributed by atoms with E-state index in [1.54, 1.807) is 13.8 Å². The van der Waals surface area contributed by atoms with E-state index in [4.69, 9.17) is 0 Å². The van der Waals surface area contributed by atoms with Gasteiger partial charge in [-0.2, -0.15) is 23.4 Å². The van der Waals surface area contributed by atoms with Gasteiger partial charge in [-0.1, -0.05) is 12.1 Å². The molecule has 4 rings (SSSR count). The smallest absolute Gasteiger partial charge is 0.317 e. The molecular weight excluding hydrogens is 497 g/mol. The lowest BCUT2D eigenvalue weighted by Gasteiger charge is -2.10. The number of aryl methyl sites for hydroxylation is 1. The number of anilines is 1. The fourth-order valence-corrected chi connectivity index (χ4v) is 3.62. The zero-order valence-corrected chi connectivity index (χ0v) is 18.6. The Kier molecular flexibility index (Phi) is 6.45. The van der Waals surface area contributed by atoms with Crippen molar-refractivity contribution in [2.24, 2.45) is 0 Å². The van der Waals surface area contributed by atoms with E-state index in [9.17, 15) is 35.5 Å². The summed E-state index contributed by atoms with van der Waals surface area (Å²) in [6.45, 7) is 3.12. The summed E-state index contributed by atoms with van der Waals surface area (Å²) in [5.41, 5.74) is -1.96. The first kappa shape index (κ1) is 25.1. The van der Waals surface area contributed by atoms with Gasteiger partial charge in [0.05, 0.1) is 29.2 Å². The van der Waals surface area contributed by atoms with Gasteiger partial charge in [-0.25, -0.2) is 27.1 Å². The standard InChI is InChI=1S/C22H17F7N6O/c1-10-18(11(2)34(32-10)9-12-4-3-5-13(6-12)22(27,28)29)31-21(36)15-8-17-30-14(19(23)24)7-16(20(25)26)35(17)33-15/h3-8,19-20H,9H2,1-2H3,(H,31,36). The van der Waals surface area contributed by atoms with Crippen molar-refractivity contribution in [3.63, 3.8) is 0 Å². The van der Waals surface area contributed by atoms with Crippen molar-refractivity contribution in [1.29, 1.82) is 0 Å². The highest BCUT2D eigenvalue weighted by Crippen LogP contribution is 2.30. The van der Waals surface area contributed by atoms with Crippen LogP contribution in [0.25, 0.3) is 5.65 Å². The lowest BCUT2D eigenvalue weighted by atomic mass is 10.1. The van der Waals surface area contributed by atoms with Gasteiger partial charge in [-0.05, 0) is 37.6 Å². The monoisotopic (exact) mass is 514 g/mol. The molecule has 0 aliphatic rings. The Hall–Kier alpha value is -3.97. The van der Waals surface area contributed by atoms with Gasteiger partial charge in [0.2, 0.25) is 0 Å². The Morgan fingerprint density at radius 1 is 1.03 bits per heavy atom. The minimum Gasteiger partial charge on any atom is -0.317 e. The van der Waals surface area contributed by atoms with Crippen LogP contribution in [-0.4, -0.2) is 30.3 Å². The van der Waals surface area contributed by atoms with Crippen LogP contribution in [0.2, 0.25) is 0 Å². The second-order valence-corrected chi connectivity index (χ2v) is 7.86. The average Bonchev–Trinajstić information content (AvgIpc) is 3.34. The number of fused-ring (bicyclic) bond motifs is 1. The van der Waals surface area contributed by atoms with Gasteiger partial charge in [-0.15, -0.1) is 0 Å². The summed E-state index contributed by atoms with van der Waals surface area (Å²) in [5, 5.41) is 10.6. The summed E-state index contributed by atoms with van der Waals surface area (Å²) in [7, 11) is 0. The van der Waals surface area contributed by atoms with E-state index in [2.05, 4.69) is 20.5 Å². The highest BCUT2D eigenvalue weighted by molar-refractivity contribution is 6.04. The first-order valence-electron chi connectivity index (χ1n) is 10.3. The molecule has 0 spiro atoms. The van der Waals surface area contributed by atoms with Crippen molar-refractivity contribution in [1.82, 2.24) is 24.4 Å². The Bertz CT molecular complexity index is 1440. The minimum absolute atomic E-state index is 0.0150. The summed E-state index contributed by atoms with van der Waals surface area (Å²) in [4.78, 5) is 16.4. The van der Waals surface area contributed by atoms with E-state index < -0.39 is 41.9 Å². The third-order valence-electron chi connectivity index (χ3n) is 5.36. The molecule has 1 aromatic carbocycles. The molecule has 190 valence electrons. The summed E-state index contributed by atoms with van der Waals surface area (Å²) in [6.07, 6.45) is -10.8. The number of benzene rings is 1. The number of carbonyl (C=O) groups excluding carboxylic acids is 1. The number of hydrogen-bond donors (Lipinski definition) is 1. The van der Waals surface area contributed by atoms with Crippen molar-refractivity contribution < 1.29 is 35.5 Å². The van der Waals surface area contributed by atoms with Crippen molar-refractivity contribution >= 4 is 17.2 Å². The highest BCUT2D eigenvalue weighted by Gasteiger charge is 2.30. The van der Waals surface area contributed by atoms with E-state index >= 15 is 0 Å². The first-order chi connectivity index (χ1) is 16.8. The molecule has 0 atom stereocenters. The van der Waals surface area contributed by atoms with Crippen LogP contribution in [0.4, 0.5) is 36.4 Å². The van der Waals surface area contributed by atoms with Gasteiger partial charge in [0.1, 0.15) is 11.4 Å². The van der Waals surface area contributed by atoms with Crippen LogP contribution in [0, 0.1) is 13.8 Å². The molecule has 0 saturated carbocycles. The molecular formula is C22H17F7N6O. The number of rotatable bonds is 6. The Morgan fingerprint density at radius 3 is 2.39 bits per heavy atom. The predicted octanol–water partition coefficient (Wildman–Crippen LogP) is 5.74. The normalized spacial score (nSPS) is 12.2. The van der Waals surface area contributed by atoms with Crippen LogP contribution < -0.4 is 5.32 Å². The number of nitrogens with one attached hydrogen (secondary N) is 1. The molecule has 1 N–H and O–H groups in total. The molecule has 0 aliphatic carbocycles. The number of carbonyl (C=O) groups is 1. The van der Waals surface area contributed by atoms with Crippen molar-refractivity contribution in [2.45, 2.75) is 39.4 Å². The minimum atomic E-state index is -4.51. The van der Waals surface area contributed by atoms with Crippen molar-refractivity contribution in [3.8, 4) is 0 Å². The molecule has 0 bridgehead atoms. The lowest BCUT2D eigenvalue weighted by molar-refractivity contribution is -0.137. The Balaban J connectivity index is 1.61. The quantitative estimate of drug-likeness (QED) is 0.333. The molecule has 1 amide bonds. The molecule has 0 radical (unpaired) electrons. The zero-order chi connectivity index (χ0) is 26.4.